The molecule has 0 fully saturated rings. The van der Waals surface area contributed by atoms with E-state index in [-0.39, 0.29) is 0 Å². The third-order valence-corrected chi connectivity index (χ3v) is 3.61. The van der Waals surface area contributed by atoms with Crippen LogP contribution in [-0.2, 0) is 6.54 Å². The summed E-state index contributed by atoms with van der Waals surface area (Å²) in [7, 11) is 3.30. The fraction of sp³-hybridized carbons (Fsp3) is 0.158. The van der Waals surface area contributed by atoms with Crippen molar-refractivity contribution in [2.75, 3.05) is 24.9 Å². The molecule has 2 aromatic carbocycles. The van der Waals surface area contributed by atoms with Gasteiger partial charge in [-0.25, -0.2) is 4.98 Å². The second kappa shape index (κ2) is 8.01. The molecule has 0 amide bonds. The van der Waals surface area contributed by atoms with Gasteiger partial charge in [-0.3, -0.25) is 0 Å². The van der Waals surface area contributed by atoms with Gasteiger partial charge in [0, 0.05) is 24.5 Å². The molecular weight excluding hydrogens is 316 g/mol. The van der Waals surface area contributed by atoms with E-state index in [1.165, 1.54) is 0 Å². The number of methoxy groups -OCH3 is 2. The zero-order chi connectivity index (χ0) is 17.5. The van der Waals surface area contributed by atoms with Crippen LogP contribution in [0.25, 0.3) is 0 Å². The van der Waals surface area contributed by atoms with Crippen LogP contribution < -0.4 is 20.1 Å². The summed E-state index contributed by atoms with van der Waals surface area (Å²) in [5.41, 5.74) is 2.02. The van der Waals surface area contributed by atoms with E-state index in [2.05, 4.69) is 20.6 Å². The molecule has 2 N–H and O–H groups in total. The maximum absolute atomic E-state index is 5.23. The molecular formula is C19H20N4O2. The molecule has 1 aromatic heterocycles. The van der Waals surface area contributed by atoms with E-state index in [0.717, 1.165) is 22.7 Å². The molecule has 0 unspecified atom stereocenters. The lowest BCUT2D eigenvalue weighted by atomic mass is 10.2. The van der Waals surface area contributed by atoms with E-state index in [0.29, 0.717) is 18.3 Å². The number of nitrogens with one attached hydrogen (secondary N) is 2. The summed E-state index contributed by atoms with van der Waals surface area (Å²) in [6.45, 7) is 0.632. The summed E-state index contributed by atoms with van der Waals surface area (Å²) in [6.07, 6.45) is 1.71. The van der Waals surface area contributed by atoms with Gasteiger partial charge in [0.25, 0.3) is 0 Å². The van der Waals surface area contributed by atoms with Crippen LogP contribution in [0.15, 0.2) is 60.8 Å². The molecule has 0 radical (unpaired) electrons. The van der Waals surface area contributed by atoms with Crippen LogP contribution in [0.3, 0.4) is 0 Å². The highest BCUT2D eigenvalue weighted by molar-refractivity contribution is 5.58. The first-order chi connectivity index (χ1) is 12.3. The highest BCUT2D eigenvalue weighted by Crippen LogP contribution is 2.20. The van der Waals surface area contributed by atoms with Crippen LogP contribution in [0.2, 0.25) is 0 Å². The molecule has 3 rings (SSSR count). The van der Waals surface area contributed by atoms with Gasteiger partial charge in [0.2, 0.25) is 5.95 Å². The summed E-state index contributed by atoms with van der Waals surface area (Å²) in [4.78, 5) is 8.73. The molecule has 128 valence electrons. The number of aromatic nitrogens is 2. The lowest BCUT2D eigenvalue weighted by molar-refractivity contribution is 0.414. The first kappa shape index (κ1) is 16.6. The zero-order valence-electron chi connectivity index (χ0n) is 14.2. The molecule has 25 heavy (non-hydrogen) atoms. The van der Waals surface area contributed by atoms with Crippen molar-refractivity contribution in [3.05, 3.63) is 66.4 Å². The number of nitrogens with zero attached hydrogens (tertiary/aromatic N) is 2. The first-order valence-corrected chi connectivity index (χ1v) is 7.88. The summed E-state index contributed by atoms with van der Waals surface area (Å²) in [5, 5.41) is 6.46. The summed E-state index contributed by atoms with van der Waals surface area (Å²) < 4.78 is 10.4. The van der Waals surface area contributed by atoms with Crippen molar-refractivity contribution in [1.29, 1.82) is 0 Å². The highest BCUT2D eigenvalue weighted by atomic mass is 16.5. The largest absolute Gasteiger partial charge is 0.497 e. The van der Waals surface area contributed by atoms with Crippen molar-refractivity contribution >= 4 is 17.5 Å². The van der Waals surface area contributed by atoms with E-state index in [1.54, 1.807) is 20.4 Å². The Morgan fingerprint density at radius 1 is 0.920 bits per heavy atom. The topological polar surface area (TPSA) is 68.3 Å². The normalized spacial score (nSPS) is 10.2. The summed E-state index contributed by atoms with van der Waals surface area (Å²) in [5.74, 6) is 2.89. The SMILES string of the molecule is COc1ccc(CNc2nccc(Nc3cccc(OC)c3)n2)cc1. The molecule has 6 heteroatoms. The van der Waals surface area contributed by atoms with Crippen molar-refractivity contribution in [3.63, 3.8) is 0 Å². The van der Waals surface area contributed by atoms with Gasteiger partial charge in [-0.15, -0.1) is 0 Å². The average molecular weight is 336 g/mol. The molecule has 0 bridgehead atoms. The Labute approximate surface area is 146 Å². The molecule has 3 aromatic rings. The molecule has 0 aliphatic rings. The third-order valence-electron chi connectivity index (χ3n) is 3.61. The summed E-state index contributed by atoms with van der Waals surface area (Å²) in [6, 6.07) is 17.4. The molecule has 0 saturated heterocycles. The van der Waals surface area contributed by atoms with Crippen molar-refractivity contribution in [2.45, 2.75) is 6.54 Å². The maximum atomic E-state index is 5.23. The average Bonchev–Trinajstić information content (AvgIpc) is 2.67. The van der Waals surface area contributed by atoms with Gasteiger partial charge in [-0.05, 0) is 35.9 Å². The van der Waals surface area contributed by atoms with Gasteiger partial charge in [0.05, 0.1) is 14.2 Å². The van der Waals surface area contributed by atoms with Crippen LogP contribution >= 0.6 is 0 Å². The Balaban J connectivity index is 1.64. The van der Waals surface area contributed by atoms with E-state index >= 15 is 0 Å². The minimum atomic E-state index is 0.559. The minimum absolute atomic E-state index is 0.559. The number of rotatable bonds is 7. The lowest BCUT2D eigenvalue weighted by Gasteiger charge is -2.09. The molecule has 0 spiro atoms. The van der Waals surface area contributed by atoms with E-state index < -0.39 is 0 Å². The Hall–Kier alpha value is -3.28. The second-order valence-corrected chi connectivity index (χ2v) is 5.32. The van der Waals surface area contributed by atoms with Gasteiger partial charge >= 0.3 is 0 Å². The molecule has 0 atom stereocenters. The maximum Gasteiger partial charge on any atom is 0.224 e. The lowest BCUT2D eigenvalue weighted by Crippen LogP contribution is -2.05. The molecule has 0 saturated carbocycles. The van der Waals surface area contributed by atoms with Gasteiger partial charge < -0.3 is 20.1 Å². The minimum Gasteiger partial charge on any atom is -0.497 e. The number of ether oxygens (including phenoxy) is 2. The van der Waals surface area contributed by atoms with Crippen LogP contribution in [0.4, 0.5) is 17.5 Å². The number of anilines is 3. The monoisotopic (exact) mass is 336 g/mol. The van der Waals surface area contributed by atoms with Gasteiger partial charge in [0.1, 0.15) is 17.3 Å². The Morgan fingerprint density at radius 2 is 1.72 bits per heavy atom. The summed E-state index contributed by atoms with van der Waals surface area (Å²) >= 11 is 0. The van der Waals surface area contributed by atoms with Crippen molar-refractivity contribution in [1.82, 2.24) is 9.97 Å². The zero-order valence-corrected chi connectivity index (χ0v) is 14.2. The van der Waals surface area contributed by atoms with Crippen molar-refractivity contribution in [3.8, 4) is 11.5 Å². The van der Waals surface area contributed by atoms with Gasteiger partial charge in [-0.2, -0.15) is 4.98 Å². The smallest absolute Gasteiger partial charge is 0.224 e. The van der Waals surface area contributed by atoms with Crippen LogP contribution in [0, 0.1) is 0 Å². The van der Waals surface area contributed by atoms with E-state index in [4.69, 9.17) is 9.47 Å². The predicted octanol–water partition coefficient (Wildman–Crippen LogP) is 3.85. The van der Waals surface area contributed by atoms with E-state index in [1.807, 2.05) is 54.6 Å². The molecule has 0 aliphatic carbocycles. The molecule has 6 nitrogen and oxygen atoms in total. The van der Waals surface area contributed by atoms with E-state index in [9.17, 15) is 0 Å². The number of hydrogen-bond acceptors (Lipinski definition) is 6. The quantitative estimate of drug-likeness (QED) is 0.683. The van der Waals surface area contributed by atoms with Gasteiger partial charge in [-0.1, -0.05) is 18.2 Å². The number of benzene rings is 2. The Kier molecular flexibility index (Phi) is 5.31. The fourth-order valence-electron chi connectivity index (χ4n) is 2.29. The van der Waals surface area contributed by atoms with Crippen LogP contribution in [0.1, 0.15) is 5.56 Å². The fourth-order valence-corrected chi connectivity index (χ4v) is 2.29. The van der Waals surface area contributed by atoms with Crippen molar-refractivity contribution < 1.29 is 9.47 Å². The standard InChI is InChI=1S/C19H20N4O2/c1-24-16-8-6-14(7-9-16)13-21-19-20-11-10-18(23-19)22-15-4-3-5-17(12-15)25-2/h3-12H,13H2,1-2H3,(H2,20,21,22,23). The van der Waals surface area contributed by atoms with Crippen molar-refractivity contribution in [2.24, 2.45) is 0 Å². The second-order valence-electron chi connectivity index (χ2n) is 5.32. The first-order valence-electron chi connectivity index (χ1n) is 7.88. The number of hydrogen-bond donors (Lipinski definition) is 2. The third kappa shape index (κ3) is 4.60. The van der Waals surface area contributed by atoms with Gasteiger partial charge in [0.15, 0.2) is 0 Å². The Morgan fingerprint density at radius 3 is 2.48 bits per heavy atom. The van der Waals surface area contributed by atoms with Crippen LogP contribution in [-0.4, -0.2) is 24.2 Å². The molecule has 1 heterocycles. The molecule has 0 aliphatic heterocycles. The Bertz CT molecular complexity index is 822. The van der Waals surface area contributed by atoms with Crippen LogP contribution in [0.5, 0.6) is 11.5 Å². The highest BCUT2D eigenvalue weighted by Gasteiger charge is 2.02. The predicted molar refractivity (Wildman–Crippen MR) is 98.6 cm³/mol.